The fourth-order valence-corrected chi connectivity index (χ4v) is 3.17. The fraction of sp³-hybridized carbons (Fsp3) is 0.500. The lowest BCUT2D eigenvalue weighted by Crippen LogP contribution is -3.18. The predicted octanol–water partition coefficient (Wildman–Crippen LogP) is -0.749. The van der Waals surface area contributed by atoms with Crippen molar-refractivity contribution in [3.8, 4) is 11.5 Å². The first-order chi connectivity index (χ1) is 11.2. The van der Waals surface area contributed by atoms with Crippen LogP contribution in [0.25, 0.3) is 0 Å². The summed E-state index contributed by atoms with van der Waals surface area (Å²) in [5, 5.41) is 0. The summed E-state index contributed by atoms with van der Waals surface area (Å²) in [5.41, 5.74) is 0.521. The van der Waals surface area contributed by atoms with Crippen LogP contribution in [0.5, 0.6) is 11.5 Å². The third-order valence-electron chi connectivity index (χ3n) is 4.40. The number of benzene rings is 1. The number of hydrogen-bond donors (Lipinski definition) is 1. The predicted molar refractivity (Wildman–Crippen MR) is 82.0 cm³/mol. The second-order valence-electron chi connectivity index (χ2n) is 5.63. The maximum Gasteiger partial charge on any atom is 0.292 e. The number of methoxy groups -OCH3 is 2. The molecule has 1 atom stereocenters. The zero-order chi connectivity index (χ0) is 16.4. The van der Waals surface area contributed by atoms with E-state index >= 15 is 0 Å². The summed E-state index contributed by atoms with van der Waals surface area (Å²) in [6, 6.07) is 4.74. The zero-order valence-corrected chi connectivity index (χ0v) is 13.3. The fourth-order valence-electron chi connectivity index (χ4n) is 3.17. The number of carbonyl (C=O) groups excluding carboxylic acids is 2. The Bertz CT molecular complexity index is 612. The van der Waals surface area contributed by atoms with E-state index in [9.17, 15) is 9.59 Å². The molecule has 124 valence electrons. The first-order valence-electron chi connectivity index (χ1n) is 7.67. The largest absolute Gasteiger partial charge is 0.493 e. The monoisotopic (exact) mass is 321 g/mol. The molecule has 23 heavy (non-hydrogen) atoms. The second-order valence-corrected chi connectivity index (χ2v) is 5.63. The van der Waals surface area contributed by atoms with Crippen LogP contribution in [0.1, 0.15) is 6.42 Å². The highest BCUT2D eigenvalue weighted by atomic mass is 16.5. The van der Waals surface area contributed by atoms with Crippen LogP contribution in [0.3, 0.4) is 0 Å². The van der Waals surface area contributed by atoms with Gasteiger partial charge in [0.1, 0.15) is 13.1 Å². The lowest BCUT2D eigenvalue weighted by molar-refractivity contribution is -0.922. The number of ether oxygens (including phenoxy) is 3. The Kier molecular flexibility index (Phi) is 4.49. The van der Waals surface area contributed by atoms with Gasteiger partial charge in [0, 0.05) is 6.07 Å². The molecule has 2 aliphatic rings. The molecule has 0 spiro atoms. The van der Waals surface area contributed by atoms with Gasteiger partial charge in [-0.1, -0.05) is 0 Å². The minimum Gasteiger partial charge on any atom is -0.493 e. The smallest absolute Gasteiger partial charge is 0.292 e. The van der Waals surface area contributed by atoms with E-state index in [0.717, 1.165) is 18.0 Å². The van der Waals surface area contributed by atoms with E-state index in [1.165, 1.54) is 12.0 Å². The summed E-state index contributed by atoms with van der Waals surface area (Å²) >= 11 is 0. The summed E-state index contributed by atoms with van der Waals surface area (Å²) in [7, 11) is 3.07. The van der Waals surface area contributed by atoms with Crippen molar-refractivity contribution in [2.45, 2.75) is 12.5 Å². The second kappa shape index (κ2) is 6.55. The van der Waals surface area contributed by atoms with Crippen LogP contribution in [0, 0.1) is 0 Å². The molecule has 0 aliphatic carbocycles. The van der Waals surface area contributed by atoms with E-state index in [1.807, 2.05) is 0 Å². The molecule has 2 aliphatic heterocycles. The highest BCUT2D eigenvalue weighted by Crippen LogP contribution is 2.33. The number of amides is 2. The third kappa shape index (κ3) is 2.89. The molecular formula is C16H21N2O5+. The van der Waals surface area contributed by atoms with Crippen LogP contribution >= 0.6 is 0 Å². The average Bonchev–Trinajstić information content (AvgIpc) is 2.89. The summed E-state index contributed by atoms with van der Waals surface area (Å²) in [6.45, 7) is 2.76. The van der Waals surface area contributed by atoms with Crippen molar-refractivity contribution in [2.75, 3.05) is 45.4 Å². The molecule has 0 saturated carbocycles. The standard InChI is InChI=1S/C16H20N2O5/c1-21-13-4-3-11(9-14(13)22-2)18-15(19)10-12(16(18)20)17-5-7-23-8-6-17/h3-4,9,12H,5-8,10H2,1-2H3/p+1/t12-/m1/s1. The van der Waals surface area contributed by atoms with Crippen molar-refractivity contribution >= 4 is 17.5 Å². The minimum atomic E-state index is -0.320. The molecule has 0 aromatic heterocycles. The molecule has 2 saturated heterocycles. The molecule has 1 aromatic carbocycles. The van der Waals surface area contributed by atoms with E-state index in [1.54, 1.807) is 25.3 Å². The van der Waals surface area contributed by atoms with Gasteiger partial charge in [-0.05, 0) is 12.1 Å². The van der Waals surface area contributed by atoms with E-state index in [2.05, 4.69) is 0 Å². The van der Waals surface area contributed by atoms with Crippen LogP contribution in [-0.2, 0) is 14.3 Å². The number of hydrogen-bond acceptors (Lipinski definition) is 5. The molecule has 2 amide bonds. The van der Waals surface area contributed by atoms with Crippen LogP contribution in [0.15, 0.2) is 18.2 Å². The van der Waals surface area contributed by atoms with Gasteiger partial charge in [-0.25, -0.2) is 4.90 Å². The van der Waals surface area contributed by atoms with Crippen molar-refractivity contribution in [1.29, 1.82) is 0 Å². The van der Waals surface area contributed by atoms with Gasteiger partial charge in [0.05, 0.1) is 39.5 Å². The van der Waals surface area contributed by atoms with E-state index in [0.29, 0.717) is 30.4 Å². The molecule has 3 rings (SSSR count). The van der Waals surface area contributed by atoms with Crippen LogP contribution in [0.2, 0.25) is 0 Å². The van der Waals surface area contributed by atoms with Gasteiger partial charge in [0.25, 0.3) is 5.91 Å². The first kappa shape index (κ1) is 15.8. The zero-order valence-electron chi connectivity index (χ0n) is 13.3. The van der Waals surface area contributed by atoms with Crippen molar-refractivity contribution in [1.82, 2.24) is 0 Å². The van der Waals surface area contributed by atoms with Crippen molar-refractivity contribution in [3.63, 3.8) is 0 Å². The number of carbonyl (C=O) groups is 2. The molecule has 2 heterocycles. The van der Waals surface area contributed by atoms with Crippen LogP contribution in [0.4, 0.5) is 5.69 Å². The Hall–Kier alpha value is -2.12. The third-order valence-corrected chi connectivity index (χ3v) is 4.40. The molecule has 0 radical (unpaired) electrons. The quantitative estimate of drug-likeness (QED) is 0.739. The Morgan fingerprint density at radius 2 is 1.83 bits per heavy atom. The molecule has 0 unspecified atom stereocenters. The highest BCUT2D eigenvalue weighted by Gasteiger charge is 2.46. The summed E-state index contributed by atoms with van der Waals surface area (Å²) in [5.74, 6) is 0.726. The molecular weight excluding hydrogens is 300 g/mol. The number of nitrogens with zero attached hydrogens (tertiary/aromatic N) is 1. The normalized spacial score (nSPS) is 22.5. The molecule has 1 aromatic rings. The van der Waals surface area contributed by atoms with Crippen molar-refractivity contribution in [2.24, 2.45) is 0 Å². The SMILES string of the molecule is COc1ccc(N2C(=O)C[C@@H]([NH+]3CCOCC3)C2=O)cc1OC. The number of rotatable bonds is 4. The Morgan fingerprint density at radius 1 is 1.13 bits per heavy atom. The van der Waals surface area contributed by atoms with Gasteiger partial charge in [-0.2, -0.15) is 0 Å². The maximum absolute atomic E-state index is 12.7. The summed E-state index contributed by atoms with van der Waals surface area (Å²) in [4.78, 5) is 27.5. The van der Waals surface area contributed by atoms with E-state index in [4.69, 9.17) is 14.2 Å². The van der Waals surface area contributed by atoms with Gasteiger partial charge < -0.3 is 19.1 Å². The lowest BCUT2D eigenvalue weighted by Gasteiger charge is -2.27. The number of anilines is 1. The Labute approximate surface area is 134 Å². The molecule has 7 nitrogen and oxygen atoms in total. The maximum atomic E-state index is 12.7. The van der Waals surface area contributed by atoms with Gasteiger partial charge in [-0.15, -0.1) is 0 Å². The van der Waals surface area contributed by atoms with Gasteiger partial charge in [-0.3, -0.25) is 9.59 Å². The van der Waals surface area contributed by atoms with Gasteiger partial charge in [0.15, 0.2) is 17.5 Å². The first-order valence-corrected chi connectivity index (χ1v) is 7.67. The number of nitrogens with one attached hydrogen (secondary N) is 1. The van der Waals surface area contributed by atoms with Crippen LogP contribution < -0.4 is 19.3 Å². The summed E-state index contributed by atoms with van der Waals surface area (Å²) < 4.78 is 15.8. The molecule has 7 heteroatoms. The van der Waals surface area contributed by atoms with Gasteiger partial charge in [0.2, 0.25) is 5.91 Å². The van der Waals surface area contributed by atoms with Gasteiger partial charge >= 0.3 is 0 Å². The number of morpholine rings is 1. The van der Waals surface area contributed by atoms with Crippen molar-refractivity contribution in [3.05, 3.63) is 18.2 Å². The minimum absolute atomic E-state index is 0.154. The Morgan fingerprint density at radius 3 is 2.48 bits per heavy atom. The summed E-state index contributed by atoms with van der Waals surface area (Å²) in [6.07, 6.45) is 0.239. The van der Waals surface area contributed by atoms with E-state index < -0.39 is 0 Å². The van der Waals surface area contributed by atoms with E-state index in [-0.39, 0.29) is 24.3 Å². The molecule has 2 fully saturated rings. The average molecular weight is 321 g/mol. The number of imide groups is 1. The topological polar surface area (TPSA) is 69.5 Å². The van der Waals surface area contributed by atoms with Crippen molar-refractivity contribution < 1.29 is 28.7 Å². The highest BCUT2D eigenvalue weighted by molar-refractivity contribution is 6.22. The number of quaternary nitrogens is 1. The van der Waals surface area contributed by atoms with Crippen LogP contribution in [-0.4, -0.2) is 58.4 Å². The lowest BCUT2D eigenvalue weighted by atomic mass is 10.2. The molecule has 1 N–H and O–H groups in total. The Balaban J connectivity index is 1.85. The molecule has 0 bridgehead atoms.